The number of anilines is 1. The van der Waals surface area contributed by atoms with Crippen molar-refractivity contribution in [3.63, 3.8) is 0 Å². The number of amides is 1. The van der Waals surface area contributed by atoms with Crippen LogP contribution in [0, 0.1) is 13.8 Å². The molecular formula is C18H21ClN4O. The Balaban J connectivity index is 1.72. The van der Waals surface area contributed by atoms with Gasteiger partial charge in [-0.05, 0) is 38.5 Å². The lowest BCUT2D eigenvalue weighted by Gasteiger charge is -2.23. The molecule has 3 rings (SSSR count). The van der Waals surface area contributed by atoms with Gasteiger partial charge in [-0.1, -0.05) is 17.7 Å². The highest BCUT2D eigenvalue weighted by molar-refractivity contribution is 6.30. The Labute approximate surface area is 147 Å². The first kappa shape index (κ1) is 16.7. The lowest BCUT2D eigenvalue weighted by atomic mass is 10.2. The lowest BCUT2D eigenvalue weighted by molar-refractivity contribution is 0.0767. The van der Waals surface area contributed by atoms with Gasteiger partial charge >= 0.3 is 0 Å². The summed E-state index contributed by atoms with van der Waals surface area (Å²) in [6.45, 7) is 6.95. The predicted molar refractivity (Wildman–Crippen MR) is 95.7 cm³/mol. The van der Waals surface area contributed by atoms with Gasteiger partial charge in [-0.2, -0.15) is 0 Å². The number of rotatable bonds is 2. The molecule has 1 saturated heterocycles. The zero-order chi connectivity index (χ0) is 17.1. The maximum atomic E-state index is 12.7. The Morgan fingerprint density at radius 2 is 1.92 bits per heavy atom. The van der Waals surface area contributed by atoms with Gasteiger partial charge in [0.15, 0.2) is 0 Å². The molecule has 24 heavy (non-hydrogen) atoms. The number of aryl methyl sites for hydroxylation is 2. The molecular weight excluding hydrogens is 324 g/mol. The number of nitrogens with zero attached hydrogens (tertiary/aromatic N) is 4. The Hall–Kier alpha value is -2.14. The number of halogens is 1. The van der Waals surface area contributed by atoms with E-state index in [2.05, 4.69) is 14.9 Å². The molecule has 0 bridgehead atoms. The molecule has 1 aromatic heterocycles. The summed E-state index contributed by atoms with van der Waals surface area (Å²) >= 11 is 6.00. The smallest absolute Gasteiger partial charge is 0.253 e. The molecule has 0 unspecified atom stereocenters. The monoisotopic (exact) mass is 344 g/mol. The first-order chi connectivity index (χ1) is 11.5. The summed E-state index contributed by atoms with van der Waals surface area (Å²) in [7, 11) is 0. The Kier molecular flexibility index (Phi) is 5.00. The second-order valence-electron chi connectivity index (χ2n) is 6.06. The SMILES string of the molecule is Cc1cc(N2CCCN(C(=O)c3cccc(Cl)c3)CC2)nc(C)n1. The van der Waals surface area contributed by atoms with Crippen LogP contribution in [-0.2, 0) is 0 Å². The van der Waals surface area contributed by atoms with Crippen LogP contribution in [0.25, 0.3) is 0 Å². The molecule has 0 atom stereocenters. The molecule has 2 aromatic rings. The number of aromatic nitrogens is 2. The molecule has 1 aromatic carbocycles. The summed E-state index contributed by atoms with van der Waals surface area (Å²) in [4.78, 5) is 25.7. The van der Waals surface area contributed by atoms with Crippen molar-refractivity contribution in [3.05, 3.63) is 52.4 Å². The van der Waals surface area contributed by atoms with Crippen LogP contribution in [0.3, 0.4) is 0 Å². The highest BCUT2D eigenvalue weighted by Crippen LogP contribution is 2.17. The van der Waals surface area contributed by atoms with Crippen molar-refractivity contribution in [3.8, 4) is 0 Å². The molecule has 1 amide bonds. The Morgan fingerprint density at radius 1 is 1.08 bits per heavy atom. The van der Waals surface area contributed by atoms with E-state index < -0.39 is 0 Å². The summed E-state index contributed by atoms with van der Waals surface area (Å²) in [5.41, 5.74) is 1.61. The third-order valence-electron chi connectivity index (χ3n) is 4.13. The molecule has 1 aliphatic rings. The third-order valence-corrected chi connectivity index (χ3v) is 4.37. The van der Waals surface area contributed by atoms with Crippen LogP contribution in [0.15, 0.2) is 30.3 Å². The minimum absolute atomic E-state index is 0.0365. The van der Waals surface area contributed by atoms with Crippen molar-refractivity contribution in [2.75, 3.05) is 31.1 Å². The standard InChI is InChI=1S/C18H21ClN4O/c1-13-11-17(21-14(2)20-13)22-7-4-8-23(10-9-22)18(24)15-5-3-6-16(19)12-15/h3,5-6,11-12H,4,7-10H2,1-2H3. The minimum Gasteiger partial charge on any atom is -0.355 e. The molecule has 0 aliphatic carbocycles. The van der Waals surface area contributed by atoms with Gasteiger partial charge in [0, 0.05) is 48.5 Å². The van der Waals surface area contributed by atoms with E-state index in [0.29, 0.717) is 17.1 Å². The summed E-state index contributed by atoms with van der Waals surface area (Å²) in [6.07, 6.45) is 0.911. The van der Waals surface area contributed by atoms with Gasteiger partial charge in [-0.25, -0.2) is 9.97 Å². The fourth-order valence-corrected chi connectivity index (χ4v) is 3.20. The van der Waals surface area contributed by atoms with Crippen LogP contribution in [0.1, 0.15) is 28.3 Å². The molecule has 0 radical (unpaired) electrons. The Bertz CT molecular complexity index is 729. The second-order valence-corrected chi connectivity index (χ2v) is 6.49. The topological polar surface area (TPSA) is 49.3 Å². The van der Waals surface area contributed by atoms with Gasteiger partial charge in [0.05, 0.1) is 0 Å². The highest BCUT2D eigenvalue weighted by atomic mass is 35.5. The molecule has 0 spiro atoms. The van der Waals surface area contributed by atoms with Crippen molar-refractivity contribution >= 4 is 23.3 Å². The normalized spacial score (nSPS) is 15.3. The minimum atomic E-state index is 0.0365. The van der Waals surface area contributed by atoms with Crippen molar-refractivity contribution < 1.29 is 4.79 Å². The first-order valence-corrected chi connectivity index (χ1v) is 8.53. The van der Waals surface area contributed by atoms with Crippen LogP contribution in [0.5, 0.6) is 0 Å². The van der Waals surface area contributed by atoms with Crippen molar-refractivity contribution in [1.82, 2.24) is 14.9 Å². The van der Waals surface area contributed by atoms with E-state index in [1.54, 1.807) is 12.1 Å². The van der Waals surface area contributed by atoms with Crippen molar-refractivity contribution in [2.45, 2.75) is 20.3 Å². The van der Waals surface area contributed by atoms with Crippen LogP contribution < -0.4 is 4.90 Å². The van der Waals surface area contributed by atoms with E-state index in [0.717, 1.165) is 43.4 Å². The van der Waals surface area contributed by atoms with Crippen LogP contribution in [0.2, 0.25) is 5.02 Å². The maximum absolute atomic E-state index is 12.7. The fourth-order valence-electron chi connectivity index (χ4n) is 3.01. The van der Waals surface area contributed by atoms with Gasteiger partial charge in [0.25, 0.3) is 5.91 Å². The molecule has 5 nitrogen and oxygen atoms in total. The molecule has 2 heterocycles. The molecule has 0 N–H and O–H groups in total. The number of carbonyl (C=O) groups is 1. The molecule has 0 saturated carbocycles. The number of hydrogen-bond acceptors (Lipinski definition) is 4. The van der Waals surface area contributed by atoms with E-state index in [4.69, 9.17) is 11.6 Å². The summed E-state index contributed by atoms with van der Waals surface area (Å²) in [6, 6.07) is 9.13. The maximum Gasteiger partial charge on any atom is 0.253 e. The van der Waals surface area contributed by atoms with E-state index >= 15 is 0 Å². The lowest BCUT2D eigenvalue weighted by Crippen LogP contribution is -2.35. The van der Waals surface area contributed by atoms with E-state index in [1.807, 2.05) is 36.9 Å². The number of carbonyl (C=O) groups excluding carboxylic acids is 1. The molecule has 1 aliphatic heterocycles. The van der Waals surface area contributed by atoms with E-state index in [9.17, 15) is 4.79 Å². The summed E-state index contributed by atoms with van der Waals surface area (Å²) < 4.78 is 0. The van der Waals surface area contributed by atoms with Gasteiger partial charge < -0.3 is 9.80 Å². The summed E-state index contributed by atoms with van der Waals surface area (Å²) in [5, 5.41) is 0.587. The largest absolute Gasteiger partial charge is 0.355 e. The van der Waals surface area contributed by atoms with E-state index in [-0.39, 0.29) is 5.91 Å². The average molecular weight is 345 g/mol. The van der Waals surface area contributed by atoms with Crippen molar-refractivity contribution in [2.24, 2.45) is 0 Å². The fraction of sp³-hybridized carbons (Fsp3) is 0.389. The highest BCUT2D eigenvalue weighted by Gasteiger charge is 2.21. The van der Waals surface area contributed by atoms with Crippen LogP contribution >= 0.6 is 11.6 Å². The van der Waals surface area contributed by atoms with Gasteiger partial charge in [-0.15, -0.1) is 0 Å². The quantitative estimate of drug-likeness (QED) is 0.840. The van der Waals surface area contributed by atoms with Crippen LogP contribution in [0.4, 0.5) is 5.82 Å². The third kappa shape index (κ3) is 3.85. The molecule has 6 heteroatoms. The average Bonchev–Trinajstić information content (AvgIpc) is 2.79. The zero-order valence-electron chi connectivity index (χ0n) is 14.0. The molecule has 1 fully saturated rings. The zero-order valence-corrected chi connectivity index (χ0v) is 14.8. The predicted octanol–water partition coefficient (Wildman–Crippen LogP) is 3.10. The first-order valence-electron chi connectivity index (χ1n) is 8.15. The molecule has 126 valence electrons. The number of hydrogen-bond donors (Lipinski definition) is 0. The number of benzene rings is 1. The van der Waals surface area contributed by atoms with Crippen LogP contribution in [-0.4, -0.2) is 47.0 Å². The van der Waals surface area contributed by atoms with Gasteiger partial charge in [0.1, 0.15) is 11.6 Å². The van der Waals surface area contributed by atoms with Gasteiger partial charge in [-0.3, -0.25) is 4.79 Å². The van der Waals surface area contributed by atoms with Gasteiger partial charge in [0.2, 0.25) is 0 Å². The van der Waals surface area contributed by atoms with Crippen molar-refractivity contribution in [1.29, 1.82) is 0 Å². The summed E-state index contributed by atoms with van der Waals surface area (Å²) in [5.74, 6) is 1.76. The Morgan fingerprint density at radius 3 is 2.67 bits per heavy atom. The second kappa shape index (κ2) is 7.18. The van der Waals surface area contributed by atoms with E-state index in [1.165, 1.54) is 0 Å².